The summed E-state index contributed by atoms with van der Waals surface area (Å²) in [6.45, 7) is 0. The molecule has 4 aromatic carbocycles. The third-order valence-corrected chi connectivity index (χ3v) is 5.00. The van der Waals surface area contributed by atoms with Gasteiger partial charge in [-0.3, -0.25) is 0 Å². The van der Waals surface area contributed by atoms with E-state index in [1.165, 1.54) is 22.3 Å². The molecule has 0 aliphatic carbocycles. The SMILES string of the molecule is Nc1ccccc1-c1cccc2c1-c1ccccc1-c1ccccc1N2. The molecule has 0 aromatic heterocycles. The summed E-state index contributed by atoms with van der Waals surface area (Å²) >= 11 is 0. The van der Waals surface area contributed by atoms with Crippen molar-refractivity contribution in [3.63, 3.8) is 0 Å². The predicted octanol–water partition coefficient (Wildman–Crippen LogP) is 6.33. The van der Waals surface area contributed by atoms with E-state index in [-0.39, 0.29) is 0 Å². The van der Waals surface area contributed by atoms with Crippen LogP contribution in [0.4, 0.5) is 17.1 Å². The number of rotatable bonds is 1. The molecule has 3 N–H and O–H groups in total. The fraction of sp³-hybridized carbons (Fsp3) is 0. The lowest BCUT2D eigenvalue weighted by atomic mass is 9.89. The predicted molar refractivity (Wildman–Crippen MR) is 110 cm³/mol. The van der Waals surface area contributed by atoms with Gasteiger partial charge in [-0.05, 0) is 34.9 Å². The summed E-state index contributed by atoms with van der Waals surface area (Å²) < 4.78 is 0. The van der Waals surface area contributed by atoms with Gasteiger partial charge in [0.05, 0.1) is 0 Å². The second kappa shape index (κ2) is 5.78. The molecular weight excluding hydrogens is 316 g/mol. The summed E-state index contributed by atoms with van der Waals surface area (Å²) in [4.78, 5) is 0. The highest BCUT2D eigenvalue weighted by molar-refractivity contribution is 6.04. The van der Waals surface area contributed by atoms with Crippen molar-refractivity contribution >= 4 is 17.1 Å². The smallest absolute Gasteiger partial charge is 0.0470 e. The zero-order valence-corrected chi connectivity index (χ0v) is 14.2. The lowest BCUT2D eigenvalue weighted by Gasteiger charge is -2.16. The standard InChI is InChI=1S/C24H18N2/c25-21-13-5-3-9-17(21)20-12-7-15-23-24(20)19-11-2-1-8-16(19)18-10-4-6-14-22(18)26-23/h1-15,26H,25H2. The molecule has 0 fully saturated rings. The number of nitrogens with two attached hydrogens (primary N) is 1. The molecule has 124 valence electrons. The number of anilines is 3. The molecule has 2 heteroatoms. The normalized spacial score (nSPS) is 11.5. The van der Waals surface area contributed by atoms with Crippen LogP contribution < -0.4 is 11.1 Å². The monoisotopic (exact) mass is 334 g/mol. The van der Waals surface area contributed by atoms with Crippen molar-refractivity contribution in [3.8, 4) is 33.4 Å². The average molecular weight is 334 g/mol. The van der Waals surface area contributed by atoms with Gasteiger partial charge in [0.2, 0.25) is 0 Å². The van der Waals surface area contributed by atoms with E-state index in [2.05, 4.69) is 78.1 Å². The first-order valence-corrected chi connectivity index (χ1v) is 8.76. The maximum Gasteiger partial charge on any atom is 0.0470 e. The number of nitrogen functional groups attached to an aromatic ring is 1. The fourth-order valence-electron chi connectivity index (χ4n) is 3.82. The van der Waals surface area contributed by atoms with Gasteiger partial charge >= 0.3 is 0 Å². The first kappa shape index (κ1) is 14.8. The van der Waals surface area contributed by atoms with Crippen LogP contribution in [0.15, 0.2) is 91.0 Å². The maximum absolute atomic E-state index is 6.31. The molecular formula is C24H18N2. The largest absolute Gasteiger partial charge is 0.398 e. The van der Waals surface area contributed by atoms with E-state index >= 15 is 0 Å². The van der Waals surface area contributed by atoms with Crippen molar-refractivity contribution < 1.29 is 0 Å². The van der Waals surface area contributed by atoms with Crippen molar-refractivity contribution in [1.29, 1.82) is 0 Å². The molecule has 0 saturated carbocycles. The zero-order valence-electron chi connectivity index (χ0n) is 14.2. The minimum absolute atomic E-state index is 0.792. The molecule has 4 aromatic rings. The van der Waals surface area contributed by atoms with E-state index < -0.39 is 0 Å². The summed E-state index contributed by atoms with van der Waals surface area (Å²) in [5.41, 5.74) is 16.4. The van der Waals surface area contributed by atoms with Gasteiger partial charge in [-0.15, -0.1) is 0 Å². The molecule has 2 nitrogen and oxygen atoms in total. The van der Waals surface area contributed by atoms with Gasteiger partial charge in [-0.25, -0.2) is 0 Å². The Morgan fingerprint density at radius 3 is 1.85 bits per heavy atom. The topological polar surface area (TPSA) is 38.0 Å². The van der Waals surface area contributed by atoms with Crippen molar-refractivity contribution in [2.75, 3.05) is 11.1 Å². The molecule has 0 radical (unpaired) electrons. The Hall–Kier alpha value is -3.52. The Balaban J connectivity index is 1.88. The highest BCUT2D eigenvalue weighted by Crippen LogP contribution is 2.48. The summed E-state index contributed by atoms with van der Waals surface area (Å²) in [6, 6.07) is 31.5. The van der Waals surface area contributed by atoms with E-state index in [1.54, 1.807) is 0 Å². The Morgan fingerprint density at radius 2 is 1.04 bits per heavy atom. The molecule has 0 saturated heterocycles. The van der Waals surface area contributed by atoms with Crippen LogP contribution >= 0.6 is 0 Å². The van der Waals surface area contributed by atoms with E-state index in [9.17, 15) is 0 Å². The van der Waals surface area contributed by atoms with Crippen molar-refractivity contribution in [1.82, 2.24) is 0 Å². The highest BCUT2D eigenvalue weighted by atomic mass is 14.9. The minimum Gasteiger partial charge on any atom is -0.398 e. The van der Waals surface area contributed by atoms with Crippen LogP contribution in [-0.2, 0) is 0 Å². The third kappa shape index (κ3) is 2.20. The van der Waals surface area contributed by atoms with Crippen LogP contribution in [0, 0.1) is 0 Å². The zero-order chi connectivity index (χ0) is 17.5. The molecule has 5 rings (SSSR count). The summed E-state index contributed by atoms with van der Waals surface area (Å²) in [7, 11) is 0. The second-order valence-electron chi connectivity index (χ2n) is 6.53. The number of para-hydroxylation sites is 2. The van der Waals surface area contributed by atoms with Gasteiger partial charge in [-0.1, -0.05) is 72.8 Å². The lowest BCUT2D eigenvalue weighted by molar-refractivity contribution is 1.55. The quantitative estimate of drug-likeness (QED) is 0.352. The second-order valence-corrected chi connectivity index (χ2v) is 6.53. The number of hydrogen-bond acceptors (Lipinski definition) is 2. The van der Waals surface area contributed by atoms with Crippen molar-refractivity contribution in [2.45, 2.75) is 0 Å². The highest BCUT2D eigenvalue weighted by Gasteiger charge is 2.21. The molecule has 0 bridgehead atoms. The van der Waals surface area contributed by atoms with Crippen LogP contribution in [0.3, 0.4) is 0 Å². The van der Waals surface area contributed by atoms with Crippen LogP contribution in [-0.4, -0.2) is 0 Å². The molecule has 0 unspecified atom stereocenters. The molecule has 1 heterocycles. The number of fused-ring (bicyclic) bond motifs is 5. The van der Waals surface area contributed by atoms with Gasteiger partial charge in [0, 0.05) is 33.8 Å². The molecule has 1 aliphatic rings. The Kier molecular flexibility index (Phi) is 3.29. The van der Waals surface area contributed by atoms with Crippen molar-refractivity contribution in [2.24, 2.45) is 0 Å². The van der Waals surface area contributed by atoms with Crippen LogP contribution in [0.1, 0.15) is 0 Å². The number of nitrogens with one attached hydrogen (secondary N) is 1. The minimum atomic E-state index is 0.792. The molecule has 0 atom stereocenters. The first-order valence-electron chi connectivity index (χ1n) is 8.76. The van der Waals surface area contributed by atoms with Crippen LogP contribution in [0.2, 0.25) is 0 Å². The lowest BCUT2D eigenvalue weighted by Crippen LogP contribution is -1.95. The summed E-state index contributed by atoms with van der Waals surface area (Å²) in [5.74, 6) is 0. The van der Waals surface area contributed by atoms with E-state index in [0.717, 1.165) is 28.2 Å². The van der Waals surface area contributed by atoms with Gasteiger partial charge in [0.1, 0.15) is 0 Å². The van der Waals surface area contributed by atoms with Gasteiger partial charge in [0.25, 0.3) is 0 Å². The van der Waals surface area contributed by atoms with Gasteiger partial charge < -0.3 is 11.1 Å². The van der Waals surface area contributed by atoms with E-state index in [4.69, 9.17) is 5.73 Å². The Labute approximate surface area is 152 Å². The number of benzene rings is 4. The number of hydrogen-bond donors (Lipinski definition) is 2. The molecule has 1 aliphatic heterocycles. The molecule has 0 spiro atoms. The fourth-order valence-corrected chi connectivity index (χ4v) is 3.82. The molecule has 26 heavy (non-hydrogen) atoms. The van der Waals surface area contributed by atoms with Gasteiger partial charge in [0.15, 0.2) is 0 Å². The van der Waals surface area contributed by atoms with E-state index in [1.807, 2.05) is 18.2 Å². The van der Waals surface area contributed by atoms with Crippen molar-refractivity contribution in [3.05, 3.63) is 91.0 Å². The van der Waals surface area contributed by atoms with E-state index in [0.29, 0.717) is 0 Å². The van der Waals surface area contributed by atoms with Gasteiger partial charge in [-0.2, -0.15) is 0 Å². The summed E-state index contributed by atoms with van der Waals surface area (Å²) in [6.07, 6.45) is 0. The van der Waals surface area contributed by atoms with Crippen LogP contribution in [0.5, 0.6) is 0 Å². The van der Waals surface area contributed by atoms with Crippen LogP contribution in [0.25, 0.3) is 33.4 Å². The maximum atomic E-state index is 6.31. The first-order chi connectivity index (χ1) is 12.8. The average Bonchev–Trinajstić information content (AvgIpc) is 2.83. The summed E-state index contributed by atoms with van der Waals surface area (Å²) in [5, 5.41) is 3.64. The molecule has 0 amide bonds. The Bertz CT molecular complexity index is 1130. The Morgan fingerprint density at radius 1 is 0.462 bits per heavy atom. The third-order valence-electron chi connectivity index (χ3n) is 5.00.